The summed E-state index contributed by atoms with van der Waals surface area (Å²) < 4.78 is 22.1. The van der Waals surface area contributed by atoms with Crippen LogP contribution in [0.25, 0.3) is 0 Å². The molecule has 2 aliphatic rings. The molecule has 2 atom stereocenters. The average molecular weight is 415 g/mol. The minimum Gasteiger partial charge on any atom is -0.493 e. The third-order valence-electron chi connectivity index (χ3n) is 5.61. The van der Waals surface area contributed by atoms with Gasteiger partial charge < -0.3 is 18.9 Å². The van der Waals surface area contributed by atoms with E-state index in [2.05, 4.69) is 4.99 Å². The normalized spacial score (nSPS) is 21.0. The van der Waals surface area contributed by atoms with Crippen molar-refractivity contribution in [3.05, 3.63) is 29.0 Å². The highest BCUT2D eigenvalue weighted by atomic mass is 16.5. The first-order valence-corrected chi connectivity index (χ1v) is 10.2. The van der Waals surface area contributed by atoms with Gasteiger partial charge in [0.2, 0.25) is 5.75 Å². The SMILES string of the molecule is CCCOC(=O)C1C(C)=NC2=C(C(=O)CCC2)[C@@H]1c1ccc(OC)c(OC)c1OC. The number of hydrogen-bond donors (Lipinski definition) is 0. The van der Waals surface area contributed by atoms with Crippen molar-refractivity contribution in [3.8, 4) is 17.2 Å². The molecule has 1 aliphatic heterocycles. The van der Waals surface area contributed by atoms with Crippen LogP contribution in [-0.2, 0) is 14.3 Å². The van der Waals surface area contributed by atoms with E-state index in [-0.39, 0.29) is 11.8 Å². The van der Waals surface area contributed by atoms with Crippen LogP contribution in [0.1, 0.15) is 51.0 Å². The van der Waals surface area contributed by atoms with Gasteiger partial charge in [0.05, 0.1) is 27.9 Å². The van der Waals surface area contributed by atoms with E-state index in [1.807, 2.05) is 19.9 Å². The first-order chi connectivity index (χ1) is 14.5. The number of benzene rings is 1. The van der Waals surface area contributed by atoms with Crippen LogP contribution in [0.4, 0.5) is 0 Å². The second-order valence-electron chi connectivity index (χ2n) is 7.44. The number of ether oxygens (including phenoxy) is 4. The molecular formula is C23H29NO6. The van der Waals surface area contributed by atoms with Crippen molar-refractivity contribution in [2.45, 2.75) is 45.4 Å². The van der Waals surface area contributed by atoms with Gasteiger partial charge in [0.15, 0.2) is 17.3 Å². The number of aliphatic imine (C=N–C) groups is 1. The van der Waals surface area contributed by atoms with E-state index < -0.39 is 11.8 Å². The van der Waals surface area contributed by atoms with Crippen molar-refractivity contribution in [1.82, 2.24) is 0 Å². The number of esters is 1. The van der Waals surface area contributed by atoms with Gasteiger partial charge >= 0.3 is 5.97 Å². The molecule has 1 aromatic carbocycles. The first kappa shape index (κ1) is 21.9. The summed E-state index contributed by atoms with van der Waals surface area (Å²) in [6, 6.07) is 3.59. The number of ketones is 1. The highest BCUT2D eigenvalue weighted by Crippen LogP contribution is 2.50. The Balaban J connectivity index is 2.23. The third-order valence-corrected chi connectivity index (χ3v) is 5.61. The predicted molar refractivity (Wildman–Crippen MR) is 113 cm³/mol. The van der Waals surface area contributed by atoms with Gasteiger partial charge in [0.1, 0.15) is 5.92 Å². The van der Waals surface area contributed by atoms with E-state index >= 15 is 0 Å². The van der Waals surface area contributed by atoms with Crippen LogP contribution in [0, 0.1) is 5.92 Å². The summed E-state index contributed by atoms with van der Waals surface area (Å²) in [4.78, 5) is 30.7. The second kappa shape index (κ2) is 9.32. The molecule has 0 saturated carbocycles. The zero-order valence-electron chi connectivity index (χ0n) is 18.2. The average Bonchev–Trinajstić information content (AvgIpc) is 2.75. The van der Waals surface area contributed by atoms with Gasteiger partial charge in [-0.1, -0.05) is 13.0 Å². The number of hydrogen-bond acceptors (Lipinski definition) is 7. The van der Waals surface area contributed by atoms with Crippen LogP contribution in [0.2, 0.25) is 0 Å². The summed E-state index contributed by atoms with van der Waals surface area (Å²) in [7, 11) is 4.61. The number of Topliss-reactive ketones (excluding diaryl/α,β-unsaturated/α-hetero) is 1. The zero-order chi connectivity index (χ0) is 21.8. The maximum atomic E-state index is 13.1. The van der Waals surface area contributed by atoms with Gasteiger partial charge in [0, 0.05) is 34.9 Å². The van der Waals surface area contributed by atoms with Crippen molar-refractivity contribution < 1.29 is 28.5 Å². The van der Waals surface area contributed by atoms with Crippen LogP contribution >= 0.6 is 0 Å². The Labute approximate surface area is 177 Å². The summed E-state index contributed by atoms with van der Waals surface area (Å²) in [5, 5.41) is 0. The smallest absolute Gasteiger partial charge is 0.315 e. The minimum atomic E-state index is -0.704. The summed E-state index contributed by atoms with van der Waals surface area (Å²) in [6.45, 7) is 4.08. The van der Waals surface area contributed by atoms with Crippen LogP contribution < -0.4 is 14.2 Å². The Morgan fingerprint density at radius 3 is 2.47 bits per heavy atom. The summed E-state index contributed by atoms with van der Waals surface area (Å²) in [5.74, 6) is -0.256. The molecule has 3 rings (SSSR count). The molecule has 0 N–H and O–H groups in total. The van der Waals surface area contributed by atoms with Crippen LogP contribution in [0.15, 0.2) is 28.4 Å². The molecule has 162 valence electrons. The minimum absolute atomic E-state index is 0.0163. The third kappa shape index (κ3) is 3.80. The van der Waals surface area contributed by atoms with E-state index in [1.165, 1.54) is 14.2 Å². The second-order valence-corrected chi connectivity index (χ2v) is 7.44. The van der Waals surface area contributed by atoms with Gasteiger partial charge in [-0.3, -0.25) is 14.6 Å². The van der Waals surface area contributed by atoms with Crippen molar-refractivity contribution in [1.29, 1.82) is 0 Å². The number of nitrogens with zero attached hydrogens (tertiary/aromatic N) is 1. The molecule has 0 fully saturated rings. The molecule has 1 aromatic rings. The lowest BCUT2D eigenvalue weighted by Gasteiger charge is -2.35. The monoisotopic (exact) mass is 415 g/mol. The van der Waals surface area contributed by atoms with Crippen LogP contribution in [-0.4, -0.2) is 45.4 Å². The summed E-state index contributed by atoms with van der Waals surface area (Å²) in [5.41, 5.74) is 2.66. The van der Waals surface area contributed by atoms with Crippen LogP contribution in [0.5, 0.6) is 17.2 Å². The predicted octanol–water partition coefficient (Wildman–Crippen LogP) is 3.85. The Morgan fingerprint density at radius 2 is 1.83 bits per heavy atom. The Kier molecular flexibility index (Phi) is 6.80. The van der Waals surface area contributed by atoms with E-state index in [9.17, 15) is 9.59 Å². The number of methoxy groups -OCH3 is 3. The molecule has 0 radical (unpaired) electrons. The van der Waals surface area contributed by atoms with Crippen molar-refractivity contribution >= 4 is 17.5 Å². The Morgan fingerprint density at radius 1 is 1.10 bits per heavy atom. The molecule has 0 bridgehead atoms. The molecule has 1 heterocycles. The van der Waals surface area contributed by atoms with Gasteiger partial charge in [-0.05, 0) is 32.3 Å². The van der Waals surface area contributed by atoms with Crippen molar-refractivity contribution in [2.75, 3.05) is 27.9 Å². The lowest BCUT2D eigenvalue weighted by Crippen LogP contribution is -2.37. The van der Waals surface area contributed by atoms with E-state index in [1.54, 1.807) is 13.2 Å². The number of rotatable bonds is 7. The molecule has 7 heteroatoms. The van der Waals surface area contributed by atoms with E-state index in [4.69, 9.17) is 18.9 Å². The largest absolute Gasteiger partial charge is 0.493 e. The lowest BCUT2D eigenvalue weighted by molar-refractivity contribution is -0.146. The molecule has 0 saturated heterocycles. The summed E-state index contributed by atoms with van der Waals surface area (Å²) in [6.07, 6.45) is 2.62. The molecular weight excluding hydrogens is 386 g/mol. The van der Waals surface area contributed by atoms with Gasteiger partial charge in [0.25, 0.3) is 0 Å². The van der Waals surface area contributed by atoms with Gasteiger partial charge in [-0.2, -0.15) is 0 Å². The molecule has 0 amide bonds. The lowest BCUT2D eigenvalue weighted by atomic mass is 9.71. The molecule has 1 unspecified atom stereocenters. The van der Waals surface area contributed by atoms with E-state index in [0.717, 1.165) is 12.1 Å². The Bertz CT molecular complexity index is 901. The highest BCUT2D eigenvalue weighted by molar-refractivity contribution is 6.09. The molecule has 1 aliphatic carbocycles. The fraction of sp³-hybridized carbons (Fsp3) is 0.522. The fourth-order valence-electron chi connectivity index (χ4n) is 4.31. The topological polar surface area (TPSA) is 83.4 Å². The summed E-state index contributed by atoms with van der Waals surface area (Å²) >= 11 is 0. The number of allylic oxidation sites excluding steroid dienone is 2. The number of carbonyl (C=O) groups excluding carboxylic acids is 2. The highest BCUT2D eigenvalue weighted by Gasteiger charge is 2.44. The van der Waals surface area contributed by atoms with Crippen molar-refractivity contribution in [3.63, 3.8) is 0 Å². The molecule has 0 aromatic heterocycles. The number of carbonyl (C=O) groups is 2. The fourth-order valence-corrected chi connectivity index (χ4v) is 4.31. The van der Waals surface area contributed by atoms with Gasteiger partial charge in [-0.25, -0.2) is 0 Å². The van der Waals surface area contributed by atoms with Crippen LogP contribution in [0.3, 0.4) is 0 Å². The Hall–Kier alpha value is -2.83. The van der Waals surface area contributed by atoms with Crippen molar-refractivity contribution in [2.24, 2.45) is 10.9 Å². The molecule has 7 nitrogen and oxygen atoms in total. The van der Waals surface area contributed by atoms with Gasteiger partial charge in [-0.15, -0.1) is 0 Å². The first-order valence-electron chi connectivity index (χ1n) is 10.2. The maximum absolute atomic E-state index is 13.1. The maximum Gasteiger partial charge on any atom is 0.315 e. The van der Waals surface area contributed by atoms with E-state index in [0.29, 0.717) is 60.0 Å². The standard InChI is InChI=1S/C23H29NO6/c1-6-12-30-23(26)18-13(2)24-15-8-7-9-16(25)20(15)19(18)14-10-11-17(27-3)22(29-5)21(14)28-4/h10-11,18-19H,6-9,12H2,1-5H3/t18?,19-/m1/s1. The molecule has 30 heavy (non-hydrogen) atoms. The zero-order valence-corrected chi connectivity index (χ0v) is 18.2. The molecule has 0 spiro atoms. The quantitative estimate of drug-likeness (QED) is 0.629.